The van der Waals surface area contributed by atoms with Crippen molar-refractivity contribution in [3.63, 3.8) is 0 Å². The first-order valence-corrected chi connectivity index (χ1v) is 7.26. The van der Waals surface area contributed by atoms with Crippen LogP contribution in [0, 0.1) is 0 Å². The zero-order valence-electron chi connectivity index (χ0n) is 12.3. The Morgan fingerprint density at radius 2 is 1.79 bits per heavy atom. The Kier molecular flexibility index (Phi) is 4.48. The lowest BCUT2D eigenvalue weighted by atomic mass is 9.98. The van der Waals surface area contributed by atoms with Crippen LogP contribution in [0.1, 0.15) is 39.2 Å². The maximum absolute atomic E-state index is 9.68. The van der Waals surface area contributed by atoms with Crippen LogP contribution in [-0.2, 0) is 6.54 Å². The van der Waals surface area contributed by atoms with Crippen LogP contribution in [0.2, 0.25) is 0 Å². The molecule has 1 fully saturated rings. The first-order chi connectivity index (χ1) is 8.99. The molecule has 1 aliphatic heterocycles. The third-order valence-electron chi connectivity index (χ3n) is 4.20. The molecule has 106 valence electrons. The van der Waals surface area contributed by atoms with Crippen molar-refractivity contribution in [1.29, 1.82) is 0 Å². The molecule has 0 saturated carbocycles. The van der Waals surface area contributed by atoms with E-state index in [2.05, 4.69) is 34.5 Å². The number of rotatable bonds is 5. The van der Waals surface area contributed by atoms with Gasteiger partial charge in [0.1, 0.15) is 0 Å². The van der Waals surface area contributed by atoms with Gasteiger partial charge in [0.25, 0.3) is 0 Å². The normalized spacial score (nSPS) is 17.8. The largest absolute Gasteiger partial charge is 0.392 e. The van der Waals surface area contributed by atoms with E-state index >= 15 is 0 Å². The minimum Gasteiger partial charge on any atom is -0.392 e. The molecule has 1 aliphatic rings. The second-order valence-electron chi connectivity index (χ2n) is 6.11. The van der Waals surface area contributed by atoms with E-state index in [9.17, 15) is 5.11 Å². The molecule has 1 saturated heterocycles. The summed E-state index contributed by atoms with van der Waals surface area (Å²) in [5.41, 5.74) is 2.33. The van der Waals surface area contributed by atoms with Crippen LogP contribution in [0.25, 0.3) is 0 Å². The summed E-state index contributed by atoms with van der Waals surface area (Å²) in [7, 11) is 0. The van der Waals surface area contributed by atoms with Gasteiger partial charge in [0.2, 0.25) is 0 Å². The Morgan fingerprint density at radius 3 is 2.32 bits per heavy atom. The van der Waals surface area contributed by atoms with E-state index < -0.39 is 0 Å². The van der Waals surface area contributed by atoms with Crippen molar-refractivity contribution in [2.75, 3.05) is 18.0 Å². The maximum atomic E-state index is 9.68. The van der Waals surface area contributed by atoms with Crippen LogP contribution in [0.4, 0.5) is 5.69 Å². The number of hydrogen-bond donors (Lipinski definition) is 2. The third kappa shape index (κ3) is 3.71. The van der Waals surface area contributed by atoms with E-state index in [-0.39, 0.29) is 11.6 Å². The molecular weight excluding hydrogens is 236 g/mol. The Morgan fingerprint density at radius 1 is 1.21 bits per heavy atom. The Balaban J connectivity index is 1.91. The average molecular weight is 262 g/mol. The predicted octanol–water partition coefficient (Wildman–Crippen LogP) is 2.54. The molecule has 0 aliphatic carbocycles. The van der Waals surface area contributed by atoms with E-state index in [0.717, 1.165) is 6.54 Å². The molecule has 1 aromatic carbocycles. The number of hydrogen-bond acceptors (Lipinski definition) is 3. The highest BCUT2D eigenvalue weighted by Crippen LogP contribution is 2.20. The lowest BCUT2D eigenvalue weighted by Gasteiger charge is -2.29. The molecule has 1 atom stereocenters. The van der Waals surface area contributed by atoms with Crippen molar-refractivity contribution in [2.24, 2.45) is 0 Å². The first kappa shape index (κ1) is 14.4. The summed E-state index contributed by atoms with van der Waals surface area (Å²) in [5, 5.41) is 13.1. The van der Waals surface area contributed by atoms with Crippen molar-refractivity contribution in [3.05, 3.63) is 29.8 Å². The number of nitrogens with zero attached hydrogens (tertiary/aromatic N) is 1. The van der Waals surface area contributed by atoms with Crippen molar-refractivity contribution in [2.45, 2.75) is 51.8 Å². The fourth-order valence-electron chi connectivity index (χ4n) is 2.28. The molecule has 1 aromatic rings. The number of aliphatic hydroxyl groups excluding tert-OH is 1. The summed E-state index contributed by atoms with van der Waals surface area (Å²) < 4.78 is 0. The van der Waals surface area contributed by atoms with Gasteiger partial charge in [-0.3, -0.25) is 0 Å². The van der Waals surface area contributed by atoms with Gasteiger partial charge in [-0.25, -0.2) is 0 Å². The van der Waals surface area contributed by atoms with E-state index in [1.54, 1.807) is 0 Å². The van der Waals surface area contributed by atoms with Gasteiger partial charge in [0.05, 0.1) is 6.10 Å². The van der Waals surface area contributed by atoms with Crippen molar-refractivity contribution in [1.82, 2.24) is 5.32 Å². The quantitative estimate of drug-likeness (QED) is 0.856. The molecule has 3 heteroatoms. The van der Waals surface area contributed by atoms with Crippen molar-refractivity contribution < 1.29 is 5.11 Å². The Hall–Kier alpha value is -1.06. The SMILES string of the molecule is CC(O)C(C)(C)NCc1ccc(N2CCCC2)cc1. The van der Waals surface area contributed by atoms with E-state index in [1.807, 2.05) is 20.8 Å². The highest BCUT2D eigenvalue weighted by atomic mass is 16.3. The molecule has 0 bridgehead atoms. The van der Waals surface area contributed by atoms with Gasteiger partial charge in [-0.1, -0.05) is 12.1 Å². The molecule has 19 heavy (non-hydrogen) atoms. The van der Waals surface area contributed by atoms with Crippen molar-refractivity contribution in [3.8, 4) is 0 Å². The van der Waals surface area contributed by atoms with Crippen LogP contribution in [0.15, 0.2) is 24.3 Å². The summed E-state index contributed by atoms with van der Waals surface area (Å²) in [5.74, 6) is 0. The Bertz CT molecular complexity index is 392. The summed E-state index contributed by atoms with van der Waals surface area (Å²) in [6, 6.07) is 8.77. The highest BCUT2D eigenvalue weighted by Gasteiger charge is 2.22. The van der Waals surface area contributed by atoms with Gasteiger partial charge < -0.3 is 15.3 Å². The summed E-state index contributed by atoms with van der Waals surface area (Å²) >= 11 is 0. The Labute approximate surface area is 116 Å². The second-order valence-corrected chi connectivity index (χ2v) is 6.11. The number of nitrogens with one attached hydrogen (secondary N) is 1. The van der Waals surface area contributed by atoms with E-state index in [0.29, 0.717) is 0 Å². The van der Waals surface area contributed by atoms with Gasteiger partial charge in [-0.05, 0) is 51.3 Å². The van der Waals surface area contributed by atoms with Gasteiger partial charge >= 0.3 is 0 Å². The third-order valence-corrected chi connectivity index (χ3v) is 4.20. The zero-order valence-corrected chi connectivity index (χ0v) is 12.3. The standard InChI is InChI=1S/C16H26N2O/c1-13(19)16(2,3)17-12-14-6-8-15(9-7-14)18-10-4-5-11-18/h6-9,13,17,19H,4-5,10-12H2,1-3H3. The molecule has 0 amide bonds. The molecule has 0 spiro atoms. The maximum Gasteiger partial charge on any atom is 0.0688 e. The fraction of sp³-hybridized carbons (Fsp3) is 0.625. The highest BCUT2D eigenvalue weighted by molar-refractivity contribution is 5.48. The molecule has 3 nitrogen and oxygen atoms in total. The van der Waals surface area contributed by atoms with Gasteiger partial charge in [-0.15, -0.1) is 0 Å². The van der Waals surface area contributed by atoms with Gasteiger partial charge in [-0.2, -0.15) is 0 Å². The number of anilines is 1. The second kappa shape index (κ2) is 5.93. The summed E-state index contributed by atoms with van der Waals surface area (Å²) in [6.45, 7) is 9.04. The van der Waals surface area contributed by atoms with Crippen LogP contribution in [-0.4, -0.2) is 29.8 Å². The smallest absolute Gasteiger partial charge is 0.0688 e. The van der Waals surface area contributed by atoms with Crippen LogP contribution in [0.3, 0.4) is 0 Å². The van der Waals surface area contributed by atoms with Gasteiger partial charge in [0, 0.05) is 30.9 Å². The minimum absolute atomic E-state index is 0.256. The van der Waals surface area contributed by atoms with Crippen molar-refractivity contribution >= 4 is 5.69 Å². The molecule has 2 rings (SSSR count). The number of aliphatic hydroxyl groups is 1. The summed E-state index contributed by atoms with van der Waals surface area (Å²) in [4.78, 5) is 2.44. The average Bonchev–Trinajstić information content (AvgIpc) is 2.91. The minimum atomic E-state index is -0.364. The van der Waals surface area contributed by atoms with E-state index in [1.165, 1.54) is 37.2 Å². The van der Waals surface area contributed by atoms with Crippen LogP contribution < -0.4 is 10.2 Å². The van der Waals surface area contributed by atoms with Crippen LogP contribution in [0.5, 0.6) is 0 Å². The monoisotopic (exact) mass is 262 g/mol. The molecular formula is C16H26N2O. The van der Waals surface area contributed by atoms with E-state index in [4.69, 9.17) is 0 Å². The number of benzene rings is 1. The van der Waals surface area contributed by atoms with Gasteiger partial charge in [0.15, 0.2) is 0 Å². The molecule has 1 unspecified atom stereocenters. The molecule has 0 aromatic heterocycles. The summed E-state index contributed by atoms with van der Waals surface area (Å²) in [6.07, 6.45) is 2.26. The molecule has 1 heterocycles. The topological polar surface area (TPSA) is 35.5 Å². The first-order valence-electron chi connectivity index (χ1n) is 7.26. The zero-order chi connectivity index (χ0) is 13.9. The predicted molar refractivity (Wildman–Crippen MR) is 80.5 cm³/mol. The fourth-order valence-corrected chi connectivity index (χ4v) is 2.28. The lowest BCUT2D eigenvalue weighted by molar-refractivity contribution is 0.0956. The van der Waals surface area contributed by atoms with Crippen LogP contribution >= 0.6 is 0 Å². The molecule has 2 N–H and O–H groups in total. The molecule has 0 radical (unpaired) electrons. The lowest BCUT2D eigenvalue weighted by Crippen LogP contribution is -2.47.